The van der Waals surface area contributed by atoms with Crippen LogP contribution in [0.3, 0.4) is 0 Å². The third-order valence-corrected chi connectivity index (χ3v) is 3.65. The van der Waals surface area contributed by atoms with E-state index in [4.69, 9.17) is 4.74 Å². The second-order valence-corrected chi connectivity index (χ2v) is 6.04. The van der Waals surface area contributed by atoms with E-state index >= 15 is 0 Å². The Labute approximate surface area is 175 Å². The largest absolute Gasteiger partial charge is 0.484 e. The molecule has 11 heteroatoms. The molecule has 0 aliphatic carbocycles. The van der Waals surface area contributed by atoms with Crippen molar-refractivity contribution < 1.29 is 32.3 Å². The molecule has 164 valence electrons. The molecule has 0 atom stereocenters. The molecule has 0 radical (unpaired) electrons. The number of hydrogen-bond donors (Lipinski definition) is 3. The van der Waals surface area contributed by atoms with Crippen molar-refractivity contribution in [1.82, 2.24) is 10.7 Å². The monoisotopic (exact) mass is 436 g/mol. The van der Waals surface area contributed by atoms with E-state index in [-0.39, 0.29) is 5.69 Å². The molecule has 31 heavy (non-hydrogen) atoms. The number of likely N-dealkylation sites (N-methyl/N-ethyl adjacent to an activating group) is 1. The minimum atomic E-state index is -4.51. The molecular weight excluding hydrogens is 417 g/mol. The van der Waals surface area contributed by atoms with Gasteiger partial charge in [-0.1, -0.05) is 6.07 Å². The highest BCUT2D eigenvalue weighted by molar-refractivity contribution is 6.35. The fourth-order valence-electron chi connectivity index (χ4n) is 2.23. The van der Waals surface area contributed by atoms with Crippen molar-refractivity contribution in [3.8, 4) is 5.75 Å². The van der Waals surface area contributed by atoms with E-state index in [1.54, 1.807) is 19.1 Å². The van der Waals surface area contributed by atoms with Gasteiger partial charge in [0.2, 0.25) is 0 Å². The lowest BCUT2D eigenvalue weighted by molar-refractivity contribution is -0.139. The van der Waals surface area contributed by atoms with Crippen molar-refractivity contribution >= 4 is 29.6 Å². The van der Waals surface area contributed by atoms with E-state index in [2.05, 4.69) is 21.2 Å². The lowest BCUT2D eigenvalue weighted by Crippen LogP contribution is -2.37. The summed E-state index contributed by atoms with van der Waals surface area (Å²) in [6, 6.07) is 10.5. The zero-order valence-corrected chi connectivity index (χ0v) is 16.3. The summed E-state index contributed by atoms with van der Waals surface area (Å²) < 4.78 is 43.4. The van der Waals surface area contributed by atoms with Crippen LogP contribution in [0.2, 0.25) is 0 Å². The summed E-state index contributed by atoms with van der Waals surface area (Å²) in [7, 11) is 0. The fourth-order valence-corrected chi connectivity index (χ4v) is 2.23. The minimum absolute atomic E-state index is 0.00431. The Hall–Kier alpha value is -3.89. The number of ether oxygens (including phenoxy) is 1. The van der Waals surface area contributed by atoms with Gasteiger partial charge >= 0.3 is 18.0 Å². The second kappa shape index (κ2) is 10.8. The van der Waals surface area contributed by atoms with Gasteiger partial charge in [0.15, 0.2) is 6.61 Å². The Morgan fingerprint density at radius 1 is 1.06 bits per heavy atom. The number of amides is 3. The van der Waals surface area contributed by atoms with Gasteiger partial charge in [-0.3, -0.25) is 14.4 Å². The maximum absolute atomic E-state index is 12.7. The standard InChI is InChI=1S/C20H19F3N4O4/c1-2-24-18(29)19(30)27-25-11-13-6-8-16(9-7-13)31-12-17(28)26-15-5-3-4-14(10-15)20(21,22)23/h3-11H,2,12H2,1H3,(H,24,29)(H,26,28)(H,27,30)/b25-11-. The van der Waals surface area contributed by atoms with E-state index in [1.807, 2.05) is 0 Å². The first-order chi connectivity index (χ1) is 14.7. The zero-order valence-electron chi connectivity index (χ0n) is 16.3. The third-order valence-electron chi connectivity index (χ3n) is 3.65. The summed E-state index contributed by atoms with van der Waals surface area (Å²) in [5.41, 5.74) is 1.79. The summed E-state index contributed by atoms with van der Waals surface area (Å²) in [6.45, 7) is 1.58. The lowest BCUT2D eigenvalue weighted by atomic mass is 10.2. The molecule has 2 aromatic rings. The smallest absolute Gasteiger partial charge is 0.416 e. The van der Waals surface area contributed by atoms with Crippen LogP contribution < -0.4 is 20.8 Å². The van der Waals surface area contributed by atoms with Crippen molar-refractivity contribution in [2.45, 2.75) is 13.1 Å². The molecule has 0 aliphatic rings. The molecule has 3 amide bonds. The Balaban J connectivity index is 1.83. The van der Waals surface area contributed by atoms with Crippen LogP contribution >= 0.6 is 0 Å². The topological polar surface area (TPSA) is 109 Å². The zero-order chi connectivity index (χ0) is 22.9. The van der Waals surface area contributed by atoms with Crippen LogP contribution in [-0.4, -0.2) is 37.1 Å². The molecule has 8 nitrogen and oxygen atoms in total. The predicted octanol–water partition coefficient (Wildman–Crippen LogP) is 2.31. The number of anilines is 1. The Morgan fingerprint density at radius 2 is 1.77 bits per heavy atom. The number of alkyl halides is 3. The Bertz CT molecular complexity index is 960. The average Bonchev–Trinajstić information content (AvgIpc) is 2.73. The van der Waals surface area contributed by atoms with Crippen molar-refractivity contribution in [2.24, 2.45) is 5.10 Å². The Morgan fingerprint density at radius 3 is 2.42 bits per heavy atom. The molecule has 0 fully saturated rings. The summed E-state index contributed by atoms with van der Waals surface area (Å²) in [4.78, 5) is 34.5. The molecule has 2 rings (SSSR count). The number of halogens is 3. The van der Waals surface area contributed by atoms with Crippen LogP contribution in [0.25, 0.3) is 0 Å². The minimum Gasteiger partial charge on any atom is -0.484 e. The van der Waals surface area contributed by atoms with Gasteiger partial charge in [0.05, 0.1) is 11.8 Å². The van der Waals surface area contributed by atoms with Crippen molar-refractivity contribution in [1.29, 1.82) is 0 Å². The summed E-state index contributed by atoms with van der Waals surface area (Å²) in [5.74, 6) is -1.99. The van der Waals surface area contributed by atoms with Crippen LogP contribution in [0, 0.1) is 0 Å². The fraction of sp³-hybridized carbons (Fsp3) is 0.200. The highest BCUT2D eigenvalue weighted by atomic mass is 19.4. The van der Waals surface area contributed by atoms with Gasteiger partial charge in [-0.2, -0.15) is 18.3 Å². The second-order valence-electron chi connectivity index (χ2n) is 6.04. The van der Waals surface area contributed by atoms with Crippen molar-refractivity contribution in [2.75, 3.05) is 18.5 Å². The number of nitrogens with one attached hydrogen (secondary N) is 3. The number of hydrazone groups is 1. The van der Waals surface area contributed by atoms with E-state index in [1.165, 1.54) is 30.5 Å². The van der Waals surface area contributed by atoms with E-state index in [0.717, 1.165) is 12.1 Å². The molecule has 0 aliphatic heterocycles. The number of carbonyl (C=O) groups is 3. The first-order valence-electron chi connectivity index (χ1n) is 9.00. The average molecular weight is 436 g/mol. The molecule has 0 unspecified atom stereocenters. The predicted molar refractivity (Wildman–Crippen MR) is 106 cm³/mol. The van der Waals surface area contributed by atoms with Crippen LogP contribution in [0.1, 0.15) is 18.1 Å². The third kappa shape index (κ3) is 7.80. The van der Waals surface area contributed by atoms with E-state index in [0.29, 0.717) is 17.9 Å². The molecule has 0 spiro atoms. The van der Waals surface area contributed by atoms with Gasteiger partial charge < -0.3 is 15.4 Å². The van der Waals surface area contributed by atoms with Crippen LogP contribution in [0.4, 0.5) is 18.9 Å². The van der Waals surface area contributed by atoms with Crippen LogP contribution in [0.15, 0.2) is 53.6 Å². The van der Waals surface area contributed by atoms with Crippen molar-refractivity contribution in [3.63, 3.8) is 0 Å². The summed E-state index contributed by atoms with van der Waals surface area (Å²) >= 11 is 0. The van der Waals surface area contributed by atoms with Gasteiger partial charge in [0.1, 0.15) is 5.75 Å². The molecule has 3 N–H and O–H groups in total. The SMILES string of the molecule is CCNC(=O)C(=O)N/N=C\c1ccc(OCC(=O)Nc2cccc(C(F)(F)F)c2)cc1. The molecule has 0 saturated heterocycles. The molecular formula is C20H19F3N4O4. The quantitative estimate of drug-likeness (QED) is 0.352. The number of rotatable bonds is 7. The first kappa shape index (κ1) is 23.4. The van der Waals surface area contributed by atoms with Crippen molar-refractivity contribution in [3.05, 3.63) is 59.7 Å². The van der Waals surface area contributed by atoms with Gasteiger partial charge in [0.25, 0.3) is 5.91 Å². The molecule has 0 saturated carbocycles. The van der Waals surface area contributed by atoms with Gasteiger partial charge in [-0.05, 0) is 55.0 Å². The molecule has 0 heterocycles. The van der Waals surface area contributed by atoms with E-state index < -0.39 is 36.1 Å². The summed E-state index contributed by atoms with van der Waals surface area (Å²) in [5, 5.41) is 8.31. The Kier molecular flexibility index (Phi) is 8.12. The maximum atomic E-state index is 12.7. The molecule has 2 aromatic carbocycles. The number of hydrogen-bond acceptors (Lipinski definition) is 5. The number of carbonyl (C=O) groups excluding carboxylic acids is 3. The normalized spacial score (nSPS) is 11.1. The first-order valence-corrected chi connectivity index (χ1v) is 9.00. The highest BCUT2D eigenvalue weighted by Crippen LogP contribution is 2.30. The number of benzene rings is 2. The maximum Gasteiger partial charge on any atom is 0.416 e. The number of nitrogens with zero attached hydrogens (tertiary/aromatic N) is 1. The van der Waals surface area contributed by atoms with Crippen LogP contribution in [-0.2, 0) is 20.6 Å². The van der Waals surface area contributed by atoms with Gasteiger partial charge in [-0.25, -0.2) is 5.43 Å². The highest BCUT2D eigenvalue weighted by Gasteiger charge is 2.30. The van der Waals surface area contributed by atoms with Gasteiger partial charge in [0, 0.05) is 12.2 Å². The lowest BCUT2D eigenvalue weighted by Gasteiger charge is -2.10. The molecule has 0 bridgehead atoms. The van der Waals surface area contributed by atoms with Gasteiger partial charge in [-0.15, -0.1) is 0 Å². The molecule has 0 aromatic heterocycles. The van der Waals surface area contributed by atoms with E-state index in [9.17, 15) is 27.6 Å². The summed E-state index contributed by atoms with van der Waals surface area (Å²) in [6.07, 6.45) is -3.20. The van der Waals surface area contributed by atoms with Crippen LogP contribution in [0.5, 0.6) is 5.75 Å².